The van der Waals surface area contributed by atoms with Gasteiger partial charge in [0.25, 0.3) is 11.8 Å². The van der Waals surface area contributed by atoms with Crippen molar-refractivity contribution in [1.82, 2.24) is 10.9 Å². The van der Waals surface area contributed by atoms with Crippen LogP contribution in [0, 0.1) is 0 Å². The molecule has 0 bridgehead atoms. The Kier molecular flexibility index (Phi) is 7.27. The average molecular weight is 472 g/mol. The van der Waals surface area contributed by atoms with E-state index < -0.39 is 11.8 Å². The van der Waals surface area contributed by atoms with Gasteiger partial charge >= 0.3 is 0 Å². The monoisotopic (exact) mass is 470 g/mol. The van der Waals surface area contributed by atoms with Gasteiger partial charge in [0, 0.05) is 4.47 Å². The highest BCUT2D eigenvalue weighted by Gasteiger charge is 2.13. The number of hydrogen-bond acceptors (Lipinski definition) is 4. The number of hydrogen-bond donors (Lipinski definition) is 2. The van der Waals surface area contributed by atoms with E-state index in [1.165, 1.54) is 0 Å². The summed E-state index contributed by atoms with van der Waals surface area (Å²) in [7, 11) is 0. The number of rotatable bonds is 6. The number of ether oxygens (including phenoxy) is 2. The SMILES string of the molecule is CCOc1ccccc1C(=O)NNC(=O)COc1ccc(Br)cc1Br. The quantitative estimate of drug-likeness (QED) is 0.632. The number of benzene rings is 2. The number of halogens is 2. The van der Waals surface area contributed by atoms with Crippen LogP contribution in [-0.2, 0) is 4.79 Å². The van der Waals surface area contributed by atoms with Gasteiger partial charge in [-0.3, -0.25) is 20.4 Å². The van der Waals surface area contributed by atoms with Crippen molar-refractivity contribution >= 4 is 43.7 Å². The van der Waals surface area contributed by atoms with Crippen molar-refractivity contribution in [2.75, 3.05) is 13.2 Å². The Bertz CT molecular complexity index is 768. The fourth-order valence-electron chi connectivity index (χ4n) is 1.90. The maximum Gasteiger partial charge on any atom is 0.276 e. The van der Waals surface area contributed by atoms with Gasteiger partial charge in [0.1, 0.15) is 11.5 Å². The molecule has 8 heteroatoms. The Labute approximate surface area is 162 Å². The summed E-state index contributed by atoms with van der Waals surface area (Å²) in [6, 6.07) is 12.1. The number of amides is 2. The first-order valence-corrected chi connectivity index (χ1v) is 8.98. The molecule has 2 rings (SSSR count). The van der Waals surface area contributed by atoms with E-state index in [1.807, 2.05) is 6.92 Å². The van der Waals surface area contributed by atoms with Gasteiger partial charge in [0.05, 0.1) is 16.6 Å². The van der Waals surface area contributed by atoms with E-state index in [2.05, 4.69) is 42.7 Å². The van der Waals surface area contributed by atoms with Crippen molar-refractivity contribution in [2.45, 2.75) is 6.92 Å². The predicted octanol–water partition coefficient (Wildman–Crippen LogP) is 3.45. The van der Waals surface area contributed by atoms with Crippen LogP contribution in [0.15, 0.2) is 51.4 Å². The van der Waals surface area contributed by atoms with Crippen LogP contribution in [-0.4, -0.2) is 25.0 Å². The standard InChI is InChI=1S/C17H16Br2N2O4/c1-2-24-14-6-4-3-5-12(14)17(23)21-20-16(22)10-25-15-8-7-11(18)9-13(15)19/h3-9H,2,10H2,1H3,(H,20,22)(H,21,23). The third kappa shape index (κ3) is 5.75. The first-order valence-electron chi connectivity index (χ1n) is 7.40. The molecule has 0 unspecified atom stereocenters. The van der Waals surface area contributed by atoms with E-state index in [9.17, 15) is 9.59 Å². The van der Waals surface area contributed by atoms with Gasteiger partial charge < -0.3 is 9.47 Å². The minimum atomic E-state index is -0.489. The van der Waals surface area contributed by atoms with Gasteiger partial charge in [-0.1, -0.05) is 28.1 Å². The maximum atomic E-state index is 12.2. The lowest BCUT2D eigenvalue weighted by Crippen LogP contribution is -2.43. The molecule has 0 aromatic heterocycles. The summed E-state index contributed by atoms with van der Waals surface area (Å²) in [5.74, 6) is 0.0115. The molecule has 0 spiro atoms. The van der Waals surface area contributed by atoms with E-state index in [4.69, 9.17) is 9.47 Å². The van der Waals surface area contributed by atoms with Crippen LogP contribution in [0.3, 0.4) is 0 Å². The second-order valence-electron chi connectivity index (χ2n) is 4.79. The van der Waals surface area contributed by atoms with Crippen LogP contribution in [0.25, 0.3) is 0 Å². The number of carbonyl (C=O) groups excluding carboxylic acids is 2. The minimum Gasteiger partial charge on any atom is -0.493 e. The van der Waals surface area contributed by atoms with Gasteiger partial charge in [0.15, 0.2) is 6.61 Å². The molecule has 0 aliphatic heterocycles. The molecular formula is C17H16Br2N2O4. The van der Waals surface area contributed by atoms with Crippen LogP contribution < -0.4 is 20.3 Å². The van der Waals surface area contributed by atoms with Crippen LogP contribution >= 0.6 is 31.9 Å². The summed E-state index contributed by atoms with van der Waals surface area (Å²) in [5.41, 5.74) is 4.98. The van der Waals surface area contributed by atoms with Crippen molar-refractivity contribution in [2.24, 2.45) is 0 Å². The average Bonchev–Trinajstić information content (AvgIpc) is 2.59. The lowest BCUT2D eigenvalue weighted by atomic mass is 10.2. The normalized spacial score (nSPS) is 10.0. The number of para-hydroxylation sites is 1. The van der Waals surface area contributed by atoms with Crippen molar-refractivity contribution in [3.8, 4) is 11.5 Å². The zero-order valence-corrected chi connectivity index (χ0v) is 16.5. The molecule has 132 valence electrons. The molecule has 2 N–H and O–H groups in total. The highest BCUT2D eigenvalue weighted by Crippen LogP contribution is 2.28. The van der Waals surface area contributed by atoms with E-state index in [-0.39, 0.29) is 6.61 Å². The summed E-state index contributed by atoms with van der Waals surface area (Å²) in [6.07, 6.45) is 0. The number of carbonyl (C=O) groups is 2. The summed E-state index contributed by atoms with van der Waals surface area (Å²) in [5, 5.41) is 0. The molecule has 0 saturated carbocycles. The smallest absolute Gasteiger partial charge is 0.276 e. The highest BCUT2D eigenvalue weighted by molar-refractivity contribution is 9.11. The molecular weight excluding hydrogens is 456 g/mol. The van der Waals surface area contributed by atoms with E-state index in [1.54, 1.807) is 42.5 Å². The van der Waals surface area contributed by atoms with Gasteiger partial charge in [0.2, 0.25) is 0 Å². The molecule has 25 heavy (non-hydrogen) atoms. The largest absolute Gasteiger partial charge is 0.493 e. The Morgan fingerprint density at radius 3 is 2.48 bits per heavy atom. The lowest BCUT2D eigenvalue weighted by Gasteiger charge is -2.12. The van der Waals surface area contributed by atoms with Gasteiger partial charge in [-0.25, -0.2) is 0 Å². The van der Waals surface area contributed by atoms with E-state index in [0.717, 1.165) is 4.47 Å². The topological polar surface area (TPSA) is 76.7 Å². The molecule has 0 saturated heterocycles. The van der Waals surface area contributed by atoms with Crippen molar-refractivity contribution in [3.63, 3.8) is 0 Å². The molecule has 0 aliphatic rings. The minimum absolute atomic E-state index is 0.242. The molecule has 0 heterocycles. The van der Waals surface area contributed by atoms with Crippen molar-refractivity contribution in [3.05, 3.63) is 57.0 Å². The first kappa shape index (κ1) is 19.3. The number of nitrogens with one attached hydrogen (secondary N) is 2. The molecule has 0 aliphatic carbocycles. The molecule has 0 fully saturated rings. The number of hydrazine groups is 1. The van der Waals surface area contributed by atoms with Crippen molar-refractivity contribution < 1.29 is 19.1 Å². The molecule has 0 atom stereocenters. The lowest BCUT2D eigenvalue weighted by molar-refractivity contribution is -0.123. The van der Waals surface area contributed by atoms with Gasteiger partial charge in [-0.2, -0.15) is 0 Å². The summed E-state index contributed by atoms with van der Waals surface area (Å²) in [6.45, 7) is 2.02. The summed E-state index contributed by atoms with van der Waals surface area (Å²) < 4.78 is 12.4. The predicted molar refractivity (Wildman–Crippen MR) is 101 cm³/mol. The zero-order valence-electron chi connectivity index (χ0n) is 13.3. The third-order valence-corrected chi connectivity index (χ3v) is 4.11. The van der Waals surface area contributed by atoms with E-state index >= 15 is 0 Å². The second kappa shape index (κ2) is 9.43. The van der Waals surface area contributed by atoms with E-state index in [0.29, 0.717) is 28.1 Å². The van der Waals surface area contributed by atoms with Crippen molar-refractivity contribution in [1.29, 1.82) is 0 Å². The fourth-order valence-corrected chi connectivity index (χ4v) is 3.06. The Morgan fingerprint density at radius 2 is 1.76 bits per heavy atom. The third-order valence-electron chi connectivity index (χ3n) is 3.00. The summed E-state index contributed by atoms with van der Waals surface area (Å²) >= 11 is 6.68. The van der Waals surface area contributed by atoms with Crippen LogP contribution in [0.1, 0.15) is 17.3 Å². The maximum absolute atomic E-state index is 12.2. The second-order valence-corrected chi connectivity index (χ2v) is 6.56. The Morgan fingerprint density at radius 1 is 1.00 bits per heavy atom. The molecule has 2 aromatic rings. The van der Waals surface area contributed by atoms with Gasteiger partial charge in [-0.15, -0.1) is 0 Å². The molecule has 2 amide bonds. The molecule has 2 aromatic carbocycles. The highest BCUT2D eigenvalue weighted by atomic mass is 79.9. The fraction of sp³-hybridized carbons (Fsp3) is 0.176. The Balaban J connectivity index is 1.86. The van der Waals surface area contributed by atoms with Gasteiger partial charge in [-0.05, 0) is 53.2 Å². The molecule has 6 nitrogen and oxygen atoms in total. The summed E-state index contributed by atoms with van der Waals surface area (Å²) in [4.78, 5) is 24.0. The Hall–Kier alpha value is -2.06. The zero-order chi connectivity index (χ0) is 18.2. The van der Waals surface area contributed by atoms with Crippen LogP contribution in [0.4, 0.5) is 0 Å². The first-order chi connectivity index (χ1) is 12.0. The van der Waals surface area contributed by atoms with Crippen LogP contribution in [0.2, 0.25) is 0 Å². The molecule has 0 radical (unpaired) electrons. The van der Waals surface area contributed by atoms with Crippen LogP contribution in [0.5, 0.6) is 11.5 Å².